The molecular weight excluding hydrogens is 172 g/mol. The highest BCUT2D eigenvalue weighted by Gasteiger charge is 2.03. The van der Waals surface area contributed by atoms with Crippen LogP contribution in [0.25, 0.3) is 0 Å². The van der Waals surface area contributed by atoms with Gasteiger partial charge in [0, 0.05) is 6.54 Å². The van der Waals surface area contributed by atoms with Crippen LogP contribution in [0.5, 0.6) is 0 Å². The van der Waals surface area contributed by atoms with Crippen LogP contribution < -0.4 is 10.6 Å². The number of rotatable bonds is 5. The molecule has 2 N–H and O–H groups in total. The second-order valence-corrected chi connectivity index (χ2v) is 2.19. The zero-order chi connectivity index (χ0) is 10.1. The third-order valence-electron chi connectivity index (χ3n) is 1.10. The molecule has 0 fully saturated rings. The summed E-state index contributed by atoms with van der Waals surface area (Å²) < 4.78 is 4.57. The Morgan fingerprint density at radius 1 is 1.46 bits per heavy atom. The number of nitrogens with one attached hydrogen (secondary N) is 2. The average Bonchev–Trinajstić information content (AvgIpc) is 2.12. The van der Waals surface area contributed by atoms with Crippen molar-refractivity contribution < 1.29 is 14.3 Å². The Morgan fingerprint density at radius 3 is 2.69 bits per heavy atom. The summed E-state index contributed by atoms with van der Waals surface area (Å²) in [5, 5.41) is 4.81. The molecule has 0 unspecified atom stereocenters. The zero-order valence-corrected chi connectivity index (χ0v) is 7.63. The van der Waals surface area contributed by atoms with Crippen molar-refractivity contribution in [2.45, 2.75) is 6.92 Å². The quantitative estimate of drug-likeness (QED) is 0.595. The van der Waals surface area contributed by atoms with Crippen molar-refractivity contribution in [2.24, 2.45) is 0 Å². The molecule has 0 spiro atoms. The summed E-state index contributed by atoms with van der Waals surface area (Å²) in [5.74, 6) is -0.238. The van der Waals surface area contributed by atoms with E-state index in [1.165, 1.54) is 6.08 Å². The topological polar surface area (TPSA) is 67.4 Å². The molecule has 0 aromatic heterocycles. The number of ether oxygens (including phenoxy) is 1. The maximum absolute atomic E-state index is 10.8. The molecule has 0 atom stereocenters. The molecule has 0 aromatic rings. The summed E-state index contributed by atoms with van der Waals surface area (Å²) >= 11 is 0. The highest BCUT2D eigenvalue weighted by Crippen LogP contribution is 1.77. The Labute approximate surface area is 77.1 Å². The molecule has 5 nitrogen and oxygen atoms in total. The molecule has 0 aliphatic carbocycles. The molecule has 13 heavy (non-hydrogen) atoms. The van der Waals surface area contributed by atoms with Gasteiger partial charge in [-0.05, 0) is 6.92 Å². The zero-order valence-electron chi connectivity index (χ0n) is 7.63. The third kappa shape index (κ3) is 6.86. The first-order valence-corrected chi connectivity index (χ1v) is 3.99. The van der Waals surface area contributed by atoms with Gasteiger partial charge in [0.1, 0.15) is 6.61 Å². The number of hydrogen-bond acceptors (Lipinski definition) is 3. The molecule has 0 bridgehead atoms. The summed E-state index contributed by atoms with van der Waals surface area (Å²) in [5.41, 5.74) is 0. The summed E-state index contributed by atoms with van der Waals surface area (Å²) in [6.45, 7) is 5.79. The molecule has 5 heteroatoms. The Kier molecular flexibility index (Phi) is 6.31. The largest absolute Gasteiger partial charge is 0.445 e. The normalized spacial score (nSPS) is 8.69. The van der Waals surface area contributed by atoms with E-state index < -0.39 is 6.09 Å². The summed E-state index contributed by atoms with van der Waals surface area (Å²) in [6, 6.07) is 0. The molecule has 0 aliphatic rings. The van der Waals surface area contributed by atoms with Crippen molar-refractivity contribution in [2.75, 3.05) is 19.7 Å². The van der Waals surface area contributed by atoms with E-state index in [-0.39, 0.29) is 19.1 Å². The highest BCUT2D eigenvalue weighted by molar-refractivity contribution is 5.81. The number of carbonyl (C=O) groups excluding carboxylic acids is 2. The lowest BCUT2D eigenvalue weighted by atomic mass is 10.5. The number of carbonyl (C=O) groups is 2. The van der Waals surface area contributed by atoms with Gasteiger partial charge in [0.2, 0.25) is 5.91 Å². The van der Waals surface area contributed by atoms with Gasteiger partial charge in [0.05, 0.1) is 6.54 Å². The Hall–Kier alpha value is -1.52. The van der Waals surface area contributed by atoms with Gasteiger partial charge in [-0.3, -0.25) is 4.79 Å². The minimum atomic E-state index is -0.619. The van der Waals surface area contributed by atoms with Crippen LogP contribution in [0.4, 0.5) is 4.79 Å². The molecule has 0 saturated carbocycles. The van der Waals surface area contributed by atoms with Crippen LogP contribution in [-0.4, -0.2) is 31.7 Å². The molecular formula is C8H14N2O3. The van der Waals surface area contributed by atoms with Crippen molar-refractivity contribution in [1.29, 1.82) is 0 Å². The van der Waals surface area contributed by atoms with E-state index >= 15 is 0 Å². The second-order valence-electron chi connectivity index (χ2n) is 2.19. The van der Waals surface area contributed by atoms with Gasteiger partial charge in [-0.25, -0.2) is 4.79 Å². The molecule has 0 aromatic carbocycles. The van der Waals surface area contributed by atoms with Gasteiger partial charge in [-0.15, -0.1) is 0 Å². The van der Waals surface area contributed by atoms with Gasteiger partial charge >= 0.3 is 6.09 Å². The van der Waals surface area contributed by atoms with Crippen molar-refractivity contribution in [1.82, 2.24) is 10.6 Å². The number of alkyl carbamates (subject to hydrolysis) is 1. The fraction of sp³-hybridized carbons (Fsp3) is 0.500. The van der Waals surface area contributed by atoms with E-state index in [2.05, 4.69) is 21.9 Å². The van der Waals surface area contributed by atoms with Crippen molar-refractivity contribution in [3.63, 3.8) is 0 Å². The lowest BCUT2D eigenvalue weighted by Gasteiger charge is -2.04. The van der Waals surface area contributed by atoms with E-state index in [1.807, 2.05) is 0 Å². The lowest BCUT2D eigenvalue weighted by molar-refractivity contribution is -0.120. The Bertz CT molecular complexity index is 192. The van der Waals surface area contributed by atoms with E-state index in [1.54, 1.807) is 6.92 Å². The maximum atomic E-state index is 10.8. The van der Waals surface area contributed by atoms with Crippen LogP contribution in [0, 0.1) is 0 Å². The van der Waals surface area contributed by atoms with Crippen molar-refractivity contribution in [3.05, 3.63) is 12.7 Å². The summed E-state index contributed by atoms with van der Waals surface area (Å²) in [7, 11) is 0. The van der Waals surface area contributed by atoms with Crippen LogP contribution in [0.2, 0.25) is 0 Å². The van der Waals surface area contributed by atoms with Gasteiger partial charge in [0.15, 0.2) is 0 Å². The first-order valence-electron chi connectivity index (χ1n) is 3.99. The molecule has 2 amide bonds. The fourth-order valence-electron chi connectivity index (χ4n) is 0.598. The number of amides is 2. The van der Waals surface area contributed by atoms with Crippen LogP contribution in [-0.2, 0) is 9.53 Å². The Morgan fingerprint density at radius 2 is 2.15 bits per heavy atom. The van der Waals surface area contributed by atoms with Crippen molar-refractivity contribution in [3.8, 4) is 0 Å². The monoisotopic (exact) mass is 186 g/mol. The van der Waals surface area contributed by atoms with Crippen LogP contribution >= 0.6 is 0 Å². The van der Waals surface area contributed by atoms with E-state index in [4.69, 9.17) is 0 Å². The molecule has 0 heterocycles. The van der Waals surface area contributed by atoms with E-state index in [0.717, 1.165) is 0 Å². The first kappa shape index (κ1) is 11.5. The standard InChI is InChI=1S/C8H14N2O3/c1-3-5-13-8(12)10-6-7(11)9-4-2/h3H,1,4-6H2,2H3,(H,9,11)(H,10,12). The number of hydrogen-bond donors (Lipinski definition) is 2. The average molecular weight is 186 g/mol. The predicted octanol–water partition coefficient (Wildman–Crippen LogP) is 0.0347. The van der Waals surface area contributed by atoms with Crippen LogP contribution in [0.3, 0.4) is 0 Å². The highest BCUT2D eigenvalue weighted by atomic mass is 16.5. The third-order valence-corrected chi connectivity index (χ3v) is 1.10. The number of likely N-dealkylation sites (N-methyl/N-ethyl adjacent to an activating group) is 1. The van der Waals surface area contributed by atoms with E-state index in [9.17, 15) is 9.59 Å². The first-order chi connectivity index (χ1) is 6.20. The summed E-state index contributed by atoms with van der Waals surface area (Å²) in [6.07, 6.45) is 0.831. The summed E-state index contributed by atoms with van der Waals surface area (Å²) in [4.78, 5) is 21.6. The minimum Gasteiger partial charge on any atom is -0.445 e. The SMILES string of the molecule is C=CCOC(=O)NCC(=O)NCC. The lowest BCUT2D eigenvalue weighted by Crippen LogP contribution is -2.37. The van der Waals surface area contributed by atoms with Gasteiger partial charge in [-0.1, -0.05) is 12.7 Å². The smallest absolute Gasteiger partial charge is 0.407 e. The molecule has 74 valence electrons. The minimum absolute atomic E-state index is 0.0657. The van der Waals surface area contributed by atoms with Crippen molar-refractivity contribution >= 4 is 12.0 Å². The van der Waals surface area contributed by atoms with Gasteiger partial charge in [-0.2, -0.15) is 0 Å². The van der Waals surface area contributed by atoms with Gasteiger partial charge in [0.25, 0.3) is 0 Å². The Balaban J connectivity index is 3.45. The molecule has 0 saturated heterocycles. The molecule has 0 radical (unpaired) electrons. The maximum Gasteiger partial charge on any atom is 0.407 e. The predicted molar refractivity (Wildman–Crippen MR) is 48.2 cm³/mol. The van der Waals surface area contributed by atoms with Crippen LogP contribution in [0.15, 0.2) is 12.7 Å². The fourth-order valence-corrected chi connectivity index (χ4v) is 0.598. The second kappa shape index (κ2) is 7.15. The molecule has 0 aliphatic heterocycles. The molecule has 0 rings (SSSR count). The van der Waals surface area contributed by atoms with E-state index in [0.29, 0.717) is 6.54 Å². The van der Waals surface area contributed by atoms with Crippen LogP contribution in [0.1, 0.15) is 6.92 Å². The van der Waals surface area contributed by atoms with Gasteiger partial charge < -0.3 is 15.4 Å².